The Hall–Kier alpha value is -1.80. The van der Waals surface area contributed by atoms with Crippen LogP contribution in [0.4, 0.5) is 11.6 Å². The lowest BCUT2D eigenvalue weighted by atomic mass is 10.2. The SMILES string of the molecule is C=C/C(=N\NC)c1nc(N)cc(N2CCOCC2C)n1.CSC. The first kappa shape index (κ1) is 19.2. The second-order valence-electron chi connectivity index (χ2n) is 4.92. The van der Waals surface area contributed by atoms with Crippen molar-refractivity contribution in [2.75, 3.05) is 50.0 Å². The van der Waals surface area contributed by atoms with E-state index >= 15 is 0 Å². The molecule has 0 aliphatic carbocycles. The molecule has 0 spiro atoms. The van der Waals surface area contributed by atoms with E-state index in [0.717, 1.165) is 12.4 Å². The Morgan fingerprint density at radius 2 is 2.26 bits per heavy atom. The number of allylic oxidation sites excluding steroid dienone is 1. The Labute approximate surface area is 142 Å². The van der Waals surface area contributed by atoms with Crippen molar-refractivity contribution in [2.45, 2.75) is 13.0 Å². The molecule has 8 heteroatoms. The zero-order valence-corrected chi connectivity index (χ0v) is 15.1. The van der Waals surface area contributed by atoms with E-state index in [1.807, 2.05) is 12.5 Å². The van der Waals surface area contributed by atoms with Crippen molar-refractivity contribution in [1.82, 2.24) is 15.4 Å². The number of rotatable bonds is 4. The van der Waals surface area contributed by atoms with Gasteiger partial charge in [-0.05, 0) is 25.5 Å². The van der Waals surface area contributed by atoms with Crippen molar-refractivity contribution < 1.29 is 4.74 Å². The van der Waals surface area contributed by atoms with Crippen molar-refractivity contribution in [1.29, 1.82) is 0 Å². The molecule has 1 unspecified atom stereocenters. The van der Waals surface area contributed by atoms with Gasteiger partial charge >= 0.3 is 0 Å². The number of ether oxygens (including phenoxy) is 1. The van der Waals surface area contributed by atoms with E-state index in [-0.39, 0.29) is 6.04 Å². The fourth-order valence-electron chi connectivity index (χ4n) is 2.09. The number of nitrogens with one attached hydrogen (secondary N) is 1. The van der Waals surface area contributed by atoms with Crippen LogP contribution in [0.3, 0.4) is 0 Å². The highest BCUT2D eigenvalue weighted by molar-refractivity contribution is 7.97. The molecule has 128 valence electrons. The first-order chi connectivity index (χ1) is 11.1. The molecule has 1 aliphatic heterocycles. The highest BCUT2D eigenvalue weighted by Gasteiger charge is 2.21. The number of anilines is 2. The molecule has 0 saturated carbocycles. The molecule has 2 heterocycles. The van der Waals surface area contributed by atoms with Crippen LogP contribution in [-0.2, 0) is 4.74 Å². The van der Waals surface area contributed by atoms with Gasteiger partial charge in [-0.1, -0.05) is 6.58 Å². The number of hydrogen-bond acceptors (Lipinski definition) is 8. The van der Waals surface area contributed by atoms with Gasteiger partial charge in [-0.3, -0.25) is 0 Å². The molecular weight excluding hydrogens is 312 g/mol. The molecule has 1 aromatic rings. The molecule has 7 nitrogen and oxygen atoms in total. The minimum atomic E-state index is 0.249. The molecule has 1 saturated heterocycles. The van der Waals surface area contributed by atoms with Crippen molar-refractivity contribution in [2.24, 2.45) is 5.10 Å². The van der Waals surface area contributed by atoms with Crippen molar-refractivity contribution >= 4 is 29.1 Å². The Morgan fingerprint density at radius 3 is 2.83 bits per heavy atom. The third-order valence-corrected chi connectivity index (χ3v) is 3.05. The molecule has 0 aromatic carbocycles. The summed E-state index contributed by atoms with van der Waals surface area (Å²) in [6, 6.07) is 2.02. The highest BCUT2D eigenvalue weighted by Crippen LogP contribution is 2.19. The number of hydrazone groups is 1. The van der Waals surface area contributed by atoms with Gasteiger partial charge in [0.1, 0.15) is 17.3 Å². The van der Waals surface area contributed by atoms with Crippen LogP contribution in [-0.4, -0.2) is 61.0 Å². The van der Waals surface area contributed by atoms with E-state index in [9.17, 15) is 0 Å². The number of nitrogen functional groups attached to an aromatic ring is 1. The fourth-order valence-corrected chi connectivity index (χ4v) is 2.09. The predicted octanol–water partition coefficient (Wildman–Crippen LogP) is 1.37. The van der Waals surface area contributed by atoms with Gasteiger partial charge < -0.3 is 20.8 Å². The molecular formula is C15H26N6OS. The lowest BCUT2D eigenvalue weighted by Crippen LogP contribution is -2.44. The molecule has 1 atom stereocenters. The molecule has 0 amide bonds. The summed E-state index contributed by atoms with van der Waals surface area (Å²) in [6.45, 7) is 7.95. The van der Waals surface area contributed by atoms with Gasteiger partial charge in [0.2, 0.25) is 0 Å². The number of hydrogen-bond donors (Lipinski definition) is 2. The van der Waals surface area contributed by atoms with Crippen LogP contribution in [0, 0.1) is 0 Å². The van der Waals surface area contributed by atoms with Crippen molar-refractivity contribution in [3.8, 4) is 0 Å². The maximum atomic E-state index is 5.88. The largest absolute Gasteiger partial charge is 0.384 e. The standard InChI is InChI=1S/C13H20N6O.C2H6S/c1-4-10(18-15-3)13-16-11(14)7-12(17-13)19-5-6-20-8-9(19)2;1-3-2/h4,7,9,15H,1,5-6,8H2,2-3H3,(H2,14,16,17);1-2H3/b18-10+;. The second kappa shape index (κ2) is 10.1. The minimum Gasteiger partial charge on any atom is -0.384 e. The summed E-state index contributed by atoms with van der Waals surface area (Å²) < 4.78 is 5.43. The van der Waals surface area contributed by atoms with Gasteiger partial charge in [-0.2, -0.15) is 16.9 Å². The first-order valence-corrected chi connectivity index (χ1v) is 8.97. The summed E-state index contributed by atoms with van der Waals surface area (Å²) in [6.07, 6.45) is 5.68. The second-order valence-corrected chi connectivity index (χ2v) is 5.74. The predicted molar refractivity (Wildman–Crippen MR) is 99.3 cm³/mol. The molecule has 0 bridgehead atoms. The van der Waals surface area contributed by atoms with Crippen LogP contribution in [0.15, 0.2) is 23.8 Å². The quantitative estimate of drug-likeness (QED) is 0.633. The third-order valence-electron chi connectivity index (χ3n) is 3.05. The van der Waals surface area contributed by atoms with E-state index in [0.29, 0.717) is 30.6 Å². The topological polar surface area (TPSA) is 88.7 Å². The van der Waals surface area contributed by atoms with Crippen LogP contribution < -0.4 is 16.1 Å². The Balaban J connectivity index is 0.000000816. The smallest absolute Gasteiger partial charge is 0.183 e. The van der Waals surface area contributed by atoms with Gasteiger partial charge in [0, 0.05) is 19.7 Å². The van der Waals surface area contributed by atoms with E-state index < -0.39 is 0 Å². The van der Waals surface area contributed by atoms with Crippen LogP contribution in [0.25, 0.3) is 0 Å². The normalized spacial score (nSPS) is 18.0. The number of thioether (sulfide) groups is 1. The van der Waals surface area contributed by atoms with E-state index in [4.69, 9.17) is 10.5 Å². The van der Waals surface area contributed by atoms with Crippen LogP contribution in [0.5, 0.6) is 0 Å². The molecule has 1 fully saturated rings. The minimum absolute atomic E-state index is 0.249. The Morgan fingerprint density at radius 1 is 1.57 bits per heavy atom. The van der Waals surface area contributed by atoms with E-state index in [1.54, 1.807) is 31.0 Å². The van der Waals surface area contributed by atoms with Gasteiger partial charge in [0.05, 0.1) is 19.3 Å². The van der Waals surface area contributed by atoms with Crippen molar-refractivity contribution in [3.63, 3.8) is 0 Å². The summed E-state index contributed by atoms with van der Waals surface area (Å²) in [5, 5.41) is 4.08. The molecule has 1 aliphatic rings. The number of morpholine rings is 1. The van der Waals surface area contributed by atoms with Gasteiger partial charge in [0.25, 0.3) is 0 Å². The molecule has 2 rings (SSSR count). The zero-order chi connectivity index (χ0) is 17.2. The maximum Gasteiger partial charge on any atom is 0.183 e. The lowest BCUT2D eigenvalue weighted by Gasteiger charge is -2.34. The zero-order valence-electron chi connectivity index (χ0n) is 14.2. The third kappa shape index (κ3) is 5.72. The Bertz CT molecular complexity index is 537. The summed E-state index contributed by atoms with van der Waals surface area (Å²) in [5.74, 6) is 1.66. The molecule has 3 N–H and O–H groups in total. The molecule has 0 radical (unpaired) electrons. The number of nitrogens with zero attached hydrogens (tertiary/aromatic N) is 4. The summed E-state index contributed by atoms with van der Waals surface area (Å²) in [5.41, 5.74) is 9.15. The van der Waals surface area contributed by atoms with E-state index in [1.165, 1.54) is 0 Å². The van der Waals surface area contributed by atoms with E-state index in [2.05, 4.69) is 38.9 Å². The maximum absolute atomic E-state index is 5.88. The van der Waals surface area contributed by atoms with Crippen LogP contribution in [0.1, 0.15) is 12.7 Å². The highest BCUT2D eigenvalue weighted by atomic mass is 32.2. The van der Waals surface area contributed by atoms with Crippen LogP contribution in [0.2, 0.25) is 0 Å². The summed E-state index contributed by atoms with van der Waals surface area (Å²) in [7, 11) is 1.71. The number of nitrogens with two attached hydrogens (primary N) is 1. The number of aromatic nitrogens is 2. The van der Waals surface area contributed by atoms with Gasteiger partial charge in [-0.25, -0.2) is 9.97 Å². The average Bonchev–Trinajstić information content (AvgIpc) is 2.53. The van der Waals surface area contributed by atoms with Crippen LogP contribution >= 0.6 is 11.8 Å². The lowest BCUT2D eigenvalue weighted by molar-refractivity contribution is 0.0985. The first-order valence-electron chi connectivity index (χ1n) is 7.33. The fraction of sp³-hybridized carbons (Fsp3) is 0.533. The summed E-state index contributed by atoms with van der Waals surface area (Å²) in [4.78, 5) is 10.9. The molecule has 23 heavy (non-hydrogen) atoms. The van der Waals surface area contributed by atoms with Gasteiger partial charge in [0.15, 0.2) is 5.82 Å². The Kier molecular flexibility index (Phi) is 8.42. The van der Waals surface area contributed by atoms with Gasteiger partial charge in [-0.15, -0.1) is 0 Å². The molecule has 1 aromatic heterocycles. The monoisotopic (exact) mass is 338 g/mol. The average molecular weight is 338 g/mol. The summed E-state index contributed by atoms with van der Waals surface area (Å²) >= 11 is 1.75. The van der Waals surface area contributed by atoms with Crippen molar-refractivity contribution in [3.05, 3.63) is 24.5 Å².